The van der Waals surface area contributed by atoms with Crippen LogP contribution in [0.25, 0.3) is 5.65 Å². The smallest absolute Gasteiger partial charge is 0.255 e. The number of hydrogen-bond donors (Lipinski definition) is 1. The molecule has 1 aliphatic rings. The van der Waals surface area contributed by atoms with E-state index in [2.05, 4.69) is 15.4 Å². The number of nitrogens with one attached hydrogen (secondary N) is 1. The molecule has 1 saturated heterocycles. The number of carbonyl (C=O) groups is 1. The van der Waals surface area contributed by atoms with Crippen molar-refractivity contribution in [3.63, 3.8) is 0 Å². The SMILES string of the molecule is Cc1nc2ccc(NC(=O)c3cccc(OCC4CCCO4)c3)cn2n1. The minimum absolute atomic E-state index is 0.144. The van der Waals surface area contributed by atoms with Gasteiger partial charge in [-0.05, 0) is 50.1 Å². The van der Waals surface area contributed by atoms with Crippen LogP contribution in [0.15, 0.2) is 42.6 Å². The van der Waals surface area contributed by atoms with Gasteiger partial charge in [-0.3, -0.25) is 4.79 Å². The summed E-state index contributed by atoms with van der Waals surface area (Å²) in [5.74, 6) is 1.14. The summed E-state index contributed by atoms with van der Waals surface area (Å²) in [4.78, 5) is 16.8. The molecule has 134 valence electrons. The van der Waals surface area contributed by atoms with Gasteiger partial charge in [0.25, 0.3) is 5.91 Å². The molecule has 7 heteroatoms. The molecule has 0 spiro atoms. The predicted molar refractivity (Wildman–Crippen MR) is 96.6 cm³/mol. The highest BCUT2D eigenvalue weighted by Gasteiger charge is 2.16. The number of aromatic nitrogens is 3. The van der Waals surface area contributed by atoms with Crippen LogP contribution in [-0.4, -0.2) is 39.8 Å². The van der Waals surface area contributed by atoms with Gasteiger partial charge in [-0.25, -0.2) is 9.50 Å². The lowest BCUT2D eigenvalue weighted by Crippen LogP contribution is -2.17. The van der Waals surface area contributed by atoms with Crippen molar-refractivity contribution in [3.05, 3.63) is 54.0 Å². The molecule has 4 rings (SSSR count). The lowest BCUT2D eigenvalue weighted by Gasteiger charge is -2.12. The third-order valence-corrected chi connectivity index (χ3v) is 4.25. The van der Waals surface area contributed by atoms with Crippen molar-refractivity contribution in [2.75, 3.05) is 18.5 Å². The van der Waals surface area contributed by atoms with E-state index in [-0.39, 0.29) is 12.0 Å². The van der Waals surface area contributed by atoms with Gasteiger partial charge in [-0.2, -0.15) is 5.10 Å². The maximum absolute atomic E-state index is 12.5. The fourth-order valence-corrected chi connectivity index (χ4v) is 2.96. The first kappa shape index (κ1) is 16.5. The van der Waals surface area contributed by atoms with Gasteiger partial charge < -0.3 is 14.8 Å². The van der Waals surface area contributed by atoms with Crippen molar-refractivity contribution >= 4 is 17.2 Å². The fraction of sp³-hybridized carbons (Fsp3) is 0.316. The van der Waals surface area contributed by atoms with Crippen LogP contribution in [0.3, 0.4) is 0 Å². The lowest BCUT2D eigenvalue weighted by atomic mass is 10.2. The normalized spacial score (nSPS) is 16.7. The maximum atomic E-state index is 12.5. The van der Waals surface area contributed by atoms with Gasteiger partial charge in [-0.15, -0.1) is 0 Å². The van der Waals surface area contributed by atoms with Crippen molar-refractivity contribution in [1.29, 1.82) is 0 Å². The van der Waals surface area contributed by atoms with E-state index in [1.807, 2.05) is 25.1 Å². The monoisotopic (exact) mass is 352 g/mol. The highest BCUT2D eigenvalue weighted by atomic mass is 16.5. The highest BCUT2D eigenvalue weighted by molar-refractivity contribution is 6.04. The quantitative estimate of drug-likeness (QED) is 0.764. The summed E-state index contributed by atoms with van der Waals surface area (Å²) in [6.07, 6.45) is 3.98. The van der Waals surface area contributed by atoms with Crippen LogP contribution in [0.2, 0.25) is 0 Å². The van der Waals surface area contributed by atoms with Gasteiger partial charge in [0.05, 0.1) is 18.0 Å². The Morgan fingerprint density at radius 2 is 2.31 bits per heavy atom. The summed E-state index contributed by atoms with van der Waals surface area (Å²) in [6.45, 7) is 3.13. The molecule has 1 amide bonds. The van der Waals surface area contributed by atoms with Crippen molar-refractivity contribution in [3.8, 4) is 5.75 Å². The Labute approximate surface area is 151 Å². The van der Waals surface area contributed by atoms with Gasteiger partial charge in [-0.1, -0.05) is 6.07 Å². The van der Waals surface area contributed by atoms with Crippen LogP contribution in [0, 0.1) is 6.92 Å². The standard InChI is InChI=1S/C19H20N4O3/c1-13-20-18-8-7-15(11-23(18)22-13)21-19(24)14-4-2-5-16(10-14)26-12-17-6-3-9-25-17/h2,4-5,7-8,10-11,17H,3,6,9,12H2,1H3,(H,21,24). The van der Waals surface area contributed by atoms with Crippen molar-refractivity contribution in [2.45, 2.75) is 25.9 Å². The molecule has 0 aliphatic carbocycles. The van der Waals surface area contributed by atoms with Crippen molar-refractivity contribution in [2.24, 2.45) is 0 Å². The number of rotatable bonds is 5. The summed E-state index contributed by atoms with van der Waals surface area (Å²) in [5.41, 5.74) is 1.92. The number of aryl methyl sites for hydroxylation is 1. The summed E-state index contributed by atoms with van der Waals surface area (Å²) in [6, 6.07) is 10.8. The molecular formula is C19H20N4O3. The van der Waals surface area contributed by atoms with E-state index >= 15 is 0 Å². The highest BCUT2D eigenvalue weighted by Crippen LogP contribution is 2.18. The second-order valence-electron chi connectivity index (χ2n) is 6.31. The summed E-state index contributed by atoms with van der Waals surface area (Å²) < 4.78 is 13.0. The van der Waals surface area contributed by atoms with Crippen LogP contribution in [0.1, 0.15) is 29.0 Å². The number of ether oxygens (including phenoxy) is 2. The van der Waals surface area contributed by atoms with Crippen LogP contribution in [-0.2, 0) is 4.74 Å². The molecule has 1 atom stereocenters. The van der Waals surface area contributed by atoms with Gasteiger partial charge >= 0.3 is 0 Å². The first-order valence-electron chi connectivity index (χ1n) is 8.66. The first-order chi connectivity index (χ1) is 12.7. The fourth-order valence-electron chi connectivity index (χ4n) is 2.96. The first-order valence-corrected chi connectivity index (χ1v) is 8.66. The zero-order chi connectivity index (χ0) is 17.9. The summed E-state index contributed by atoms with van der Waals surface area (Å²) in [5, 5.41) is 7.13. The predicted octanol–water partition coefficient (Wildman–Crippen LogP) is 2.85. The molecule has 1 unspecified atom stereocenters. The van der Waals surface area contributed by atoms with E-state index < -0.39 is 0 Å². The molecule has 1 N–H and O–H groups in total. The van der Waals surface area contributed by atoms with Gasteiger partial charge in [0.15, 0.2) is 5.65 Å². The number of fused-ring (bicyclic) bond motifs is 1. The molecule has 7 nitrogen and oxygen atoms in total. The second kappa shape index (κ2) is 7.13. The Morgan fingerprint density at radius 3 is 3.15 bits per heavy atom. The molecule has 1 aliphatic heterocycles. The molecule has 1 fully saturated rings. The Hall–Kier alpha value is -2.93. The lowest BCUT2D eigenvalue weighted by molar-refractivity contribution is 0.0679. The van der Waals surface area contributed by atoms with Crippen molar-refractivity contribution < 1.29 is 14.3 Å². The van der Waals surface area contributed by atoms with E-state index in [4.69, 9.17) is 9.47 Å². The number of hydrogen-bond acceptors (Lipinski definition) is 5. The maximum Gasteiger partial charge on any atom is 0.255 e. The molecule has 0 bridgehead atoms. The zero-order valence-electron chi connectivity index (χ0n) is 14.5. The minimum atomic E-state index is -0.205. The molecule has 2 aromatic heterocycles. The van der Waals surface area contributed by atoms with Gasteiger partial charge in [0.1, 0.15) is 18.2 Å². The van der Waals surface area contributed by atoms with Crippen LogP contribution in [0.4, 0.5) is 5.69 Å². The van der Waals surface area contributed by atoms with E-state index in [0.717, 1.165) is 25.1 Å². The zero-order valence-corrected chi connectivity index (χ0v) is 14.5. The van der Waals surface area contributed by atoms with Crippen molar-refractivity contribution in [1.82, 2.24) is 14.6 Å². The Bertz CT molecular complexity index is 931. The number of anilines is 1. The van der Waals surface area contributed by atoms with Crippen LogP contribution < -0.4 is 10.1 Å². The third kappa shape index (κ3) is 3.67. The Balaban J connectivity index is 1.43. The average Bonchev–Trinajstić information content (AvgIpc) is 3.28. The summed E-state index contributed by atoms with van der Waals surface area (Å²) in [7, 11) is 0. The number of amides is 1. The van der Waals surface area contributed by atoms with Gasteiger partial charge in [0, 0.05) is 12.2 Å². The second-order valence-corrected chi connectivity index (χ2v) is 6.31. The molecule has 1 aromatic carbocycles. The number of benzene rings is 1. The van der Waals surface area contributed by atoms with E-state index in [1.54, 1.807) is 28.9 Å². The molecule has 3 heterocycles. The molecule has 0 saturated carbocycles. The van der Waals surface area contributed by atoms with Crippen LogP contribution >= 0.6 is 0 Å². The molecule has 3 aromatic rings. The average molecular weight is 352 g/mol. The van der Waals surface area contributed by atoms with Crippen LogP contribution in [0.5, 0.6) is 5.75 Å². The van der Waals surface area contributed by atoms with Gasteiger partial charge in [0.2, 0.25) is 0 Å². The Morgan fingerprint density at radius 1 is 1.38 bits per heavy atom. The van der Waals surface area contributed by atoms with E-state index in [9.17, 15) is 4.79 Å². The number of pyridine rings is 1. The molecule has 26 heavy (non-hydrogen) atoms. The molecule has 0 radical (unpaired) electrons. The number of nitrogens with zero attached hydrogens (tertiary/aromatic N) is 3. The third-order valence-electron chi connectivity index (χ3n) is 4.25. The Kier molecular flexibility index (Phi) is 4.53. The van der Waals surface area contributed by atoms with E-state index in [1.165, 1.54) is 0 Å². The summed E-state index contributed by atoms with van der Waals surface area (Å²) >= 11 is 0. The topological polar surface area (TPSA) is 77.8 Å². The number of carbonyl (C=O) groups excluding carboxylic acids is 1. The largest absolute Gasteiger partial charge is 0.491 e. The van der Waals surface area contributed by atoms with E-state index in [0.29, 0.717) is 29.4 Å². The minimum Gasteiger partial charge on any atom is -0.491 e. The molecular weight excluding hydrogens is 332 g/mol.